The van der Waals surface area contributed by atoms with Crippen molar-refractivity contribution >= 4 is 15.3 Å². The minimum absolute atomic E-state index is 0.838. The van der Waals surface area contributed by atoms with Crippen molar-refractivity contribution in [3.63, 3.8) is 0 Å². The van der Waals surface area contributed by atoms with Crippen LogP contribution in [0.2, 0.25) is 22.7 Å². The Labute approximate surface area is 149 Å². The zero-order valence-electron chi connectivity index (χ0n) is 17.8. The third kappa shape index (κ3) is 4.40. The molecule has 0 aromatic rings. The van der Waals surface area contributed by atoms with E-state index in [1.54, 1.807) is 5.20 Å². The third-order valence-electron chi connectivity index (χ3n) is 6.29. The Morgan fingerprint density at radius 2 is 1.39 bits per heavy atom. The molecule has 1 nitrogen and oxygen atoms in total. The molecule has 1 unspecified atom stereocenters. The molecule has 0 heterocycles. The van der Waals surface area contributed by atoms with E-state index in [-0.39, 0.29) is 0 Å². The number of unbranched alkanes of at least 4 members (excludes halogenated alkanes) is 1. The van der Waals surface area contributed by atoms with Crippen LogP contribution in [0.3, 0.4) is 0 Å². The molecule has 0 aromatic carbocycles. The molecule has 0 radical (unpaired) electrons. The molecule has 23 heavy (non-hydrogen) atoms. The standard InChI is InChI=1S/C20H45NSi2/c1-11-14-15-21-22(16-12-2,20(10)13-3)23(17(4)5,18(6)7)19(8)9/h13,17-19,21H,11-12,14-16H2,1-10H3/b20-13+. The maximum Gasteiger partial charge on any atom is 0.142 e. The summed E-state index contributed by atoms with van der Waals surface area (Å²) in [5, 5.41) is 1.73. The average molecular weight is 356 g/mol. The molecule has 0 saturated heterocycles. The van der Waals surface area contributed by atoms with Crippen molar-refractivity contribution in [1.82, 2.24) is 4.98 Å². The predicted molar refractivity (Wildman–Crippen MR) is 114 cm³/mol. The highest BCUT2D eigenvalue weighted by Gasteiger charge is 2.60. The topological polar surface area (TPSA) is 12.0 Å². The van der Waals surface area contributed by atoms with E-state index in [1.807, 2.05) is 0 Å². The van der Waals surface area contributed by atoms with Crippen molar-refractivity contribution < 1.29 is 0 Å². The quantitative estimate of drug-likeness (QED) is 0.311. The highest BCUT2D eigenvalue weighted by Crippen LogP contribution is 2.50. The van der Waals surface area contributed by atoms with Crippen molar-refractivity contribution in [2.45, 2.75) is 111 Å². The summed E-state index contributed by atoms with van der Waals surface area (Å²) >= 11 is 0. The summed E-state index contributed by atoms with van der Waals surface area (Å²) in [6, 6.07) is 1.42. The molecular formula is C20H45NSi2. The zero-order chi connectivity index (χ0) is 18.3. The Hall–Kier alpha value is 0.134. The molecule has 3 heteroatoms. The van der Waals surface area contributed by atoms with Crippen LogP contribution in [0, 0.1) is 0 Å². The predicted octanol–water partition coefficient (Wildman–Crippen LogP) is 6.99. The molecule has 138 valence electrons. The second-order valence-corrected chi connectivity index (χ2v) is 22.2. The minimum Gasteiger partial charge on any atom is -0.336 e. The summed E-state index contributed by atoms with van der Waals surface area (Å²) in [4.78, 5) is 4.30. The van der Waals surface area contributed by atoms with Crippen LogP contribution in [0.15, 0.2) is 11.3 Å². The molecule has 1 atom stereocenters. The summed E-state index contributed by atoms with van der Waals surface area (Å²) in [6.07, 6.45) is 6.37. The normalized spacial score (nSPS) is 16.5. The van der Waals surface area contributed by atoms with Gasteiger partial charge in [-0.2, -0.15) is 0 Å². The summed E-state index contributed by atoms with van der Waals surface area (Å²) in [6.45, 7) is 25.9. The van der Waals surface area contributed by atoms with Crippen molar-refractivity contribution in [2.75, 3.05) is 6.54 Å². The van der Waals surface area contributed by atoms with Crippen molar-refractivity contribution in [3.8, 4) is 0 Å². The van der Waals surface area contributed by atoms with E-state index in [1.165, 1.54) is 31.9 Å². The monoisotopic (exact) mass is 355 g/mol. The van der Waals surface area contributed by atoms with Crippen molar-refractivity contribution in [3.05, 3.63) is 11.3 Å². The molecule has 0 aromatic heterocycles. The van der Waals surface area contributed by atoms with Crippen molar-refractivity contribution in [2.24, 2.45) is 0 Å². The molecule has 0 aliphatic heterocycles. The van der Waals surface area contributed by atoms with Crippen LogP contribution < -0.4 is 4.98 Å². The van der Waals surface area contributed by atoms with E-state index < -0.39 is 15.3 Å². The highest BCUT2D eigenvalue weighted by atomic mass is 29.3. The van der Waals surface area contributed by atoms with E-state index >= 15 is 0 Å². The summed E-state index contributed by atoms with van der Waals surface area (Å²) in [7, 11) is -3.16. The first-order valence-corrected chi connectivity index (χ1v) is 15.5. The molecule has 0 bridgehead atoms. The van der Waals surface area contributed by atoms with Crippen LogP contribution in [-0.4, -0.2) is 21.9 Å². The van der Waals surface area contributed by atoms with Gasteiger partial charge in [-0.05, 0) is 32.9 Å². The Kier molecular flexibility index (Phi) is 10.3. The van der Waals surface area contributed by atoms with E-state index in [2.05, 4.69) is 80.3 Å². The van der Waals surface area contributed by atoms with E-state index in [4.69, 9.17) is 0 Å². The van der Waals surface area contributed by atoms with Gasteiger partial charge in [-0.3, -0.25) is 0 Å². The summed E-state index contributed by atoms with van der Waals surface area (Å²) in [5.74, 6) is 0. The van der Waals surface area contributed by atoms with Crippen LogP contribution in [0.1, 0.15) is 88.5 Å². The van der Waals surface area contributed by atoms with Gasteiger partial charge in [-0.15, -0.1) is 0 Å². The zero-order valence-corrected chi connectivity index (χ0v) is 19.8. The number of allylic oxidation sites excluding steroid dienone is 2. The van der Waals surface area contributed by atoms with Crippen LogP contribution in [-0.2, 0) is 0 Å². The Bertz CT molecular complexity index is 339. The first-order chi connectivity index (χ1) is 10.7. The lowest BCUT2D eigenvalue weighted by Gasteiger charge is -2.57. The van der Waals surface area contributed by atoms with Gasteiger partial charge in [0.1, 0.15) is 7.75 Å². The van der Waals surface area contributed by atoms with Crippen molar-refractivity contribution in [1.29, 1.82) is 0 Å². The largest absolute Gasteiger partial charge is 0.336 e. The van der Waals surface area contributed by atoms with Gasteiger partial charge in [-0.1, -0.05) is 96.1 Å². The second kappa shape index (κ2) is 10.2. The molecule has 0 saturated carbocycles. The van der Waals surface area contributed by atoms with Gasteiger partial charge in [0.2, 0.25) is 0 Å². The maximum absolute atomic E-state index is 4.30. The lowest BCUT2D eigenvalue weighted by Crippen LogP contribution is -2.76. The number of nitrogens with one attached hydrogen (secondary N) is 1. The SMILES string of the molecule is C/C=C(\C)[Si](CCC)(NCCCC)[Si](C(C)C)(C(C)C)C(C)C. The third-order valence-corrected chi connectivity index (χ3v) is 29.3. The maximum atomic E-state index is 4.30. The van der Waals surface area contributed by atoms with Crippen LogP contribution in [0.25, 0.3) is 0 Å². The van der Waals surface area contributed by atoms with Gasteiger partial charge in [0.25, 0.3) is 0 Å². The Morgan fingerprint density at radius 3 is 1.70 bits per heavy atom. The van der Waals surface area contributed by atoms with Gasteiger partial charge >= 0.3 is 0 Å². The smallest absolute Gasteiger partial charge is 0.142 e. The lowest BCUT2D eigenvalue weighted by molar-refractivity contribution is 0.744. The Morgan fingerprint density at radius 1 is 0.913 bits per heavy atom. The molecule has 0 aliphatic carbocycles. The molecular weight excluding hydrogens is 310 g/mol. The first kappa shape index (κ1) is 23.1. The molecule has 0 aliphatic rings. The fourth-order valence-electron chi connectivity index (χ4n) is 5.71. The molecule has 1 N–H and O–H groups in total. The average Bonchev–Trinajstić information content (AvgIpc) is 2.45. The van der Waals surface area contributed by atoms with Crippen LogP contribution in [0.4, 0.5) is 0 Å². The first-order valence-electron chi connectivity index (χ1n) is 10.1. The van der Waals surface area contributed by atoms with Gasteiger partial charge in [0.05, 0.1) is 7.59 Å². The van der Waals surface area contributed by atoms with Gasteiger partial charge in [0.15, 0.2) is 0 Å². The van der Waals surface area contributed by atoms with Gasteiger partial charge < -0.3 is 4.98 Å². The second-order valence-electron chi connectivity index (χ2n) is 8.30. The molecule has 0 amide bonds. The number of hydrogen-bond acceptors (Lipinski definition) is 1. The van der Waals surface area contributed by atoms with Crippen LogP contribution >= 0.6 is 0 Å². The number of rotatable bonds is 11. The fraction of sp³-hybridized carbons (Fsp3) is 0.900. The van der Waals surface area contributed by atoms with E-state index in [0.29, 0.717) is 0 Å². The molecule has 0 fully saturated rings. The summed E-state index contributed by atoms with van der Waals surface area (Å²) < 4.78 is 0. The van der Waals surface area contributed by atoms with E-state index in [9.17, 15) is 0 Å². The lowest BCUT2D eigenvalue weighted by atomic mass is 10.3. The Balaban J connectivity index is 6.39. The van der Waals surface area contributed by atoms with Crippen LogP contribution in [0.5, 0.6) is 0 Å². The van der Waals surface area contributed by atoms with E-state index in [0.717, 1.165) is 16.6 Å². The highest BCUT2D eigenvalue weighted by molar-refractivity contribution is 7.45. The minimum atomic E-state index is -1.66. The van der Waals surface area contributed by atoms with Gasteiger partial charge in [-0.25, -0.2) is 0 Å². The molecule has 0 spiro atoms. The van der Waals surface area contributed by atoms with Gasteiger partial charge in [0, 0.05) is 0 Å². The molecule has 0 rings (SSSR count). The fourth-order valence-corrected chi connectivity index (χ4v) is 31.5. The summed E-state index contributed by atoms with van der Waals surface area (Å²) in [5.41, 5.74) is 2.51. The number of hydrogen-bond donors (Lipinski definition) is 1.